The van der Waals surface area contributed by atoms with E-state index in [1.165, 1.54) is 33.0 Å². The van der Waals surface area contributed by atoms with Gasteiger partial charge >= 0.3 is 0 Å². The van der Waals surface area contributed by atoms with Gasteiger partial charge in [0.2, 0.25) is 5.91 Å². The first-order chi connectivity index (χ1) is 14.8. The molecule has 1 saturated heterocycles. The number of thiophene rings is 1. The normalized spacial score (nSPS) is 19.2. The van der Waals surface area contributed by atoms with Crippen molar-refractivity contribution in [2.45, 2.75) is 40.0 Å². The number of nitrogens with two attached hydrogens (primary N) is 1. The Morgan fingerprint density at radius 1 is 1.19 bits per heavy atom. The van der Waals surface area contributed by atoms with Gasteiger partial charge in [0.25, 0.3) is 5.91 Å². The predicted molar refractivity (Wildman–Crippen MR) is 127 cm³/mol. The maximum absolute atomic E-state index is 12.8. The van der Waals surface area contributed by atoms with E-state index in [-0.39, 0.29) is 5.91 Å². The summed E-state index contributed by atoms with van der Waals surface area (Å²) in [5.74, 6) is 0.0857. The average molecular weight is 441 g/mol. The van der Waals surface area contributed by atoms with Crippen molar-refractivity contribution in [1.29, 1.82) is 0 Å². The average Bonchev–Trinajstić information content (AvgIpc) is 3.07. The number of hydrogen-bond donors (Lipinski definition) is 2. The minimum Gasteiger partial charge on any atom is -0.369 e. The molecule has 1 aromatic carbocycles. The fraction of sp³-hybridized carbons (Fsp3) is 0.500. The fourth-order valence-electron chi connectivity index (χ4n) is 4.69. The van der Waals surface area contributed by atoms with Gasteiger partial charge in [-0.3, -0.25) is 14.5 Å². The lowest BCUT2D eigenvalue weighted by Gasteiger charge is -2.36. The third-order valence-electron chi connectivity index (χ3n) is 6.67. The van der Waals surface area contributed by atoms with E-state index in [0.29, 0.717) is 23.0 Å². The molecule has 4 rings (SSSR count). The minimum atomic E-state index is -0.440. The number of fused-ring (bicyclic) bond motifs is 1. The quantitative estimate of drug-likeness (QED) is 0.747. The molecule has 1 fully saturated rings. The number of rotatable bonds is 5. The van der Waals surface area contributed by atoms with Crippen molar-refractivity contribution in [3.05, 3.63) is 45.3 Å². The van der Waals surface area contributed by atoms with Crippen LogP contribution in [0, 0.1) is 19.8 Å². The Morgan fingerprint density at radius 3 is 2.65 bits per heavy atom. The molecule has 1 unspecified atom stereocenters. The smallest absolute Gasteiger partial charge is 0.251 e. The lowest BCUT2D eigenvalue weighted by atomic mass is 9.88. The zero-order valence-electron chi connectivity index (χ0n) is 18.7. The van der Waals surface area contributed by atoms with Crippen LogP contribution in [0.4, 0.5) is 10.7 Å². The third-order valence-corrected chi connectivity index (χ3v) is 7.84. The lowest BCUT2D eigenvalue weighted by molar-refractivity contribution is -0.117. The number of aryl methyl sites for hydroxylation is 1. The zero-order valence-corrected chi connectivity index (χ0v) is 19.5. The second-order valence-corrected chi connectivity index (χ2v) is 10.1. The van der Waals surface area contributed by atoms with Gasteiger partial charge in [-0.05, 0) is 61.8 Å². The first-order valence-corrected chi connectivity index (χ1v) is 11.9. The summed E-state index contributed by atoms with van der Waals surface area (Å²) in [5.41, 5.74) is 11.2. The predicted octanol–water partition coefficient (Wildman–Crippen LogP) is 3.35. The molecule has 0 bridgehead atoms. The number of carbonyl (C=O) groups excluding carboxylic acids is 2. The minimum absolute atomic E-state index is 0.0747. The maximum Gasteiger partial charge on any atom is 0.251 e. The summed E-state index contributed by atoms with van der Waals surface area (Å²) >= 11 is 1.53. The molecule has 2 aliphatic rings. The van der Waals surface area contributed by atoms with E-state index in [1.54, 1.807) is 0 Å². The molecule has 1 aliphatic heterocycles. The Bertz CT molecular complexity index is 992. The van der Waals surface area contributed by atoms with Crippen molar-refractivity contribution in [2.75, 3.05) is 42.9 Å². The molecule has 0 spiro atoms. The molecule has 2 heterocycles. The van der Waals surface area contributed by atoms with Gasteiger partial charge in [-0.2, -0.15) is 0 Å². The number of amides is 2. The van der Waals surface area contributed by atoms with Gasteiger partial charge < -0.3 is 16.0 Å². The number of anilines is 2. The van der Waals surface area contributed by atoms with Crippen LogP contribution in [0.25, 0.3) is 0 Å². The molecular formula is C24H32N4O2S. The van der Waals surface area contributed by atoms with Crippen LogP contribution in [0.1, 0.15) is 45.3 Å². The first-order valence-electron chi connectivity index (χ1n) is 11.1. The van der Waals surface area contributed by atoms with E-state index < -0.39 is 5.91 Å². The van der Waals surface area contributed by atoms with Crippen LogP contribution in [0.2, 0.25) is 0 Å². The largest absolute Gasteiger partial charge is 0.369 e. The van der Waals surface area contributed by atoms with E-state index in [4.69, 9.17) is 5.73 Å². The molecule has 2 amide bonds. The standard InChI is InChI=1S/C24H32N4O2S/c1-15-7-8-18-20(13-15)31-24(22(18)23(25)30)26-21(29)14-27-9-11-28(12-10-27)19-6-4-5-16(2)17(19)3/h4-6,15H,7-14H2,1-3H3,(H2,25,30)(H,26,29). The summed E-state index contributed by atoms with van der Waals surface area (Å²) in [4.78, 5) is 30.6. The van der Waals surface area contributed by atoms with Crippen LogP contribution < -0.4 is 16.0 Å². The summed E-state index contributed by atoms with van der Waals surface area (Å²) in [6.45, 7) is 10.3. The van der Waals surface area contributed by atoms with Crippen molar-refractivity contribution in [3.8, 4) is 0 Å². The van der Waals surface area contributed by atoms with E-state index >= 15 is 0 Å². The molecule has 2 aromatic rings. The Kier molecular flexibility index (Phi) is 6.34. The summed E-state index contributed by atoms with van der Waals surface area (Å²) in [7, 11) is 0. The van der Waals surface area contributed by atoms with Crippen molar-refractivity contribution in [1.82, 2.24) is 4.90 Å². The molecule has 0 saturated carbocycles. The molecule has 0 radical (unpaired) electrons. The third kappa shape index (κ3) is 4.62. The van der Waals surface area contributed by atoms with Crippen molar-refractivity contribution >= 4 is 33.8 Å². The number of nitrogens with one attached hydrogen (secondary N) is 1. The van der Waals surface area contributed by atoms with Crippen LogP contribution in [0.15, 0.2) is 18.2 Å². The van der Waals surface area contributed by atoms with Crippen LogP contribution in [0.5, 0.6) is 0 Å². The number of carbonyl (C=O) groups is 2. The Morgan fingerprint density at radius 2 is 1.94 bits per heavy atom. The number of hydrogen-bond acceptors (Lipinski definition) is 5. The lowest BCUT2D eigenvalue weighted by Crippen LogP contribution is -2.48. The Hall–Kier alpha value is -2.38. The molecule has 166 valence electrons. The molecule has 6 nitrogen and oxygen atoms in total. The highest BCUT2D eigenvalue weighted by Gasteiger charge is 2.28. The Labute approximate surface area is 188 Å². The van der Waals surface area contributed by atoms with Gasteiger partial charge in [-0.25, -0.2) is 0 Å². The highest BCUT2D eigenvalue weighted by Crippen LogP contribution is 2.39. The van der Waals surface area contributed by atoms with Gasteiger partial charge in [0.1, 0.15) is 5.00 Å². The highest BCUT2D eigenvalue weighted by atomic mass is 32.1. The number of primary amides is 1. The molecule has 1 aliphatic carbocycles. The Balaban J connectivity index is 1.37. The summed E-state index contributed by atoms with van der Waals surface area (Å²) in [6, 6.07) is 6.42. The molecule has 1 aromatic heterocycles. The monoisotopic (exact) mass is 440 g/mol. The molecular weight excluding hydrogens is 408 g/mol. The first kappa shape index (κ1) is 21.8. The van der Waals surface area contributed by atoms with Crippen molar-refractivity contribution < 1.29 is 9.59 Å². The number of benzene rings is 1. The topological polar surface area (TPSA) is 78.7 Å². The van der Waals surface area contributed by atoms with Crippen LogP contribution in [-0.2, 0) is 17.6 Å². The highest BCUT2D eigenvalue weighted by molar-refractivity contribution is 7.17. The van der Waals surface area contributed by atoms with Gasteiger partial charge in [-0.15, -0.1) is 11.3 Å². The van der Waals surface area contributed by atoms with Gasteiger partial charge in [0.15, 0.2) is 0 Å². The van der Waals surface area contributed by atoms with E-state index in [2.05, 4.69) is 54.1 Å². The number of nitrogens with zero attached hydrogens (tertiary/aromatic N) is 2. The van der Waals surface area contributed by atoms with Crippen LogP contribution in [-0.4, -0.2) is 49.4 Å². The molecule has 1 atom stereocenters. The SMILES string of the molecule is Cc1cccc(N2CCN(CC(=O)Nc3sc4c(c3C(N)=O)CCC(C)C4)CC2)c1C. The second-order valence-electron chi connectivity index (χ2n) is 8.95. The van der Waals surface area contributed by atoms with Crippen LogP contribution in [0.3, 0.4) is 0 Å². The fourth-order valence-corrected chi connectivity index (χ4v) is 6.13. The van der Waals surface area contributed by atoms with Crippen LogP contribution >= 0.6 is 11.3 Å². The maximum atomic E-state index is 12.8. The van der Waals surface area contributed by atoms with Crippen molar-refractivity contribution in [3.63, 3.8) is 0 Å². The van der Waals surface area contributed by atoms with Gasteiger partial charge in [0.05, 0.1) is 12.1 Å². The molecule has 3 N–H and O–H groups in total. The zero-order chi connectivity index (χ0) is 22.1. The van der Waals surface area contributed by atoms with E-state index in [0.717, 1.165) is 51.0 Å². The van der Waals surface area contributed by atoms with Gasteiger partial charge in [-0.1, -0.05) is 19.1 Å². The van der Waals surface area contributed by atoms with E-state index in [1.807, 2.05) is 0 Å². The van der Waals surface area contributed by atoms with E-state index in [9.17, 15) is 9.59 Å². The summed E-state index contributed by atoms with van der Waals surface area (Å²) in [6.07, 6.45) is 2.88. The molecule has 31 heavy (non-hydrogen) atoms. The summed E-state index contributed by atoms with van der Waals surface area (Å²) in [5, 5.41) is 3.62. The summed E-state index contributed by atoms with van der Waals surface area (Å²) < 4.78 is 0. The van der Waals surface area contributed by atoms with Gasteiger partial charge in [0, 0.05) is 36.7 Å². The molecule has 7 heteroatoms. The van der Waals surface area contributed by atoms with Crippen molar-refractivity contribution in [2.24, 2.45) is 11.7 Å². The second kappa shape index (κ2) is 9.01. The number of piperazine rings is 1.